The smallest absolute Gasteiger partial charge is 0.228 e. The van der Waals surface area contributed by atoms with Crippen LogP contribution < -0.4 is 21.5 Å². The highest BCUT2D eigenvalue weighted by Gasteiger charge is 2.43. The maximum atomic E-state index is 15.0. The van der Waals surface area contributed by atoms with Crippen LogP contribution in [0.15, 0.2) is 11.6 Å². The molecule has 0 aromatic heterocycles. The average Bonchev–Trinajstić information content (AvgIpc) is 3.14. The number of nitrogens with zero attached hydrogens (tertiary/aromatic N) is 2. The van der Waals surface area contributed by atoms with Crippen molar-refractivity contribution in [1.82, 2.24) is 19.8 Å². The molecule has 2 saturated heterocycles. The summed E-state index contributed by atoms with van der Waals surface area (Å²) >= 11 is 1.58. The molecule has 6 atom stereocenters. The summed E-state index contributed by atoms with van der Waals surface area (Å²) in [4.78, 5) is 18.0. The van der Waals surface area contributed by atoms with Crippen molar-refractivity contribution < 1.29 is 9.18 Å². The zero-order valence-electron chi connectivity index (χ0n) is 21.7. The maximum Gasteiger partial charge on any atom is 0.228 e. The van der Waals surface area contributed by atoms with Crippen LogP contribution in [0.1, 0.15) is 59.3 Å². The second-order valence-corrected chi connectivity index (χ2v) is 11.9. The predicted octanol–water partition coefficient (Wildman–Crippen LogP) is 2.44. The Labute approximate surface area is 210 Å². The highest BCUT2D eigenvalue weighted by Crippen LogP contribution is 2.41. The lowest BCUT2D eigenvalue weighted by Gasteiger charge is -2.43. The molecule has 0 radical (unpaired) electrons. The van der Waals surface area contributed by atoms with E-state index in [2.05, 4.69) is 48.8 Å². The summed E-state index contributed by atoms with van der Waals surface area (Å²) in [6, 6.07) is 0.0786. The minimum absolute atomic E-state index is 0.0228. The van der Waals surface area contributed by atoms with E-state index in [9.17, 15) is 4.79 Å². The van der Waals surface area contributed by atoms with Crippen molar-refractivity contribution in [3.05, 3.63) is 11.6 Å². The largest absolute Gasteiger partial charge is 0.342 e. The van der Waals surface area contributed by atoms with Gasteiger partial charge in [0.2, 0.25) is 5.91 Å². The van der Waals surface area contributed by atoms with Gasteiger partial charge in [-0.15, -0.1) is 0 Å². The minimum atomic E-state index is -0.915. The second-order valence-electron chi connectivity index (χ2n) is 10.9. The fraction of sp³-hybridized carbons (Fsp3) is 0.880. The molecule has 0 spiro atoms. The van der Waals surface area contributed by atoms with Crippen LogP contribution in [0.3, 0.4) is 0 Å². The molecule has 3 aliphatic rings. The number of likely N-dealkylation sites (N-methyl/N-ethyl adjacent to an activating group) is 1. The van der Waals surface area contributed by atoms with Crippen LogP contribution in [0.25, 0.3) is 0 Å². The number of hydrogen-bond donors (Lipinski definition) is 4. The summed E-state index contributed by atoms with van der Waals surface area (Å²) in [6.07, 6.45) is 5.74. The summed E-state index contributed by atoms with van der Waals surface area (Å²) in [6.45, 7) is 8.76. The first kappa shape index (κ1) is 27.9. The monoisotopic (exact) mass is 498 g/mol. The highest BCUT2D eigenvalue weighted by molar-refractivity contribution is 7.98. The number of alkyl halides is 1. The van der Waals surface area contributed by atoms with E-state index in [4.69, 9.17) is 11.5 Å². The summed E-state index contributed by atoms with van der Waals surface area (Å²) < 4.78 is 18.5. The molecule has 3 rings (SSSR count). The van der Waals surface area contributed by atoms with Gasteiger partial charge in [-0.25, -0.2) is 4.39 Å². The van der Waals surface area contributed by atoms with Crippen LogP contribution in [0.2, 0.25) is 0 Å². The van der Waals surface area contributed by atoms with Gasteiger partial charge in [-0.3, -0.25) is 14.4 Å². The molecule has 34 heavy (non-hydrogen) atoms. The Kier molecular flexibility index (Phi) is 9.85. The lowest BCUT2D eigenvalue weighted by Crippen LogP contribution is -2.59. The van der Waals surface area contributed by atoms with Gasteiger partial charge in [0.1, 0.15) is 6.17 Å². The van der Waals surface area contributed by atoms with Gasteiger partial charge >= 0.3 is 0 Å². The number of hydrogen-bond acceptors (Lipinski definition) is 7. The van der Waals surface area contributed by atoms with Gasteiger partial charge in [0, 0.05) is 37.6 Å². The summed E-state index contributed by atoms with van der Waals surface area (Å²) in [5.41, 5.74) is 13.9. The Morgan fingerprint density at radius 2 is 2.06 bits per heavy atom. The van der Waals surface area contributed by atoms with Crippen molar-refractivity contribution in [2.24, 2.45) is 28.7 Å². The molecule has 3 heterocycles. The normalized spacial score (nSPS) is 34.4. The van der Waals surface area contributed by atoms with Gasteiger partial charge in [-0.05, 0) is 52.1 Å². The van der Waals surface area contributed by atoms with E-state index in [1.807, 2.05) is 11.9 Å². The predicted molar refractivity (Wildman–Crippen MR) is 140 cm³/mol. The number of rotatable bonds is 7. The van der Waals surface area contributed by atoms with Crippen LogP contribution in [-0.2, 0) is 4.79 Å². The van der Waals surface area contributed by atoms with Crippen molar-refractivity contribution in [2.45, 2.75) is 89.1 Å². The van der Waals surface area contributed by atoms with E-state index in [-0.39, 0.29) is 34.7 Å². The molecular formula is C25H47FN6OS. The molecule has 3 aliphatic heterocycles. The minimum Gasteiger partial charge on any atom is -0.342 e. The number of nitrogens with two attached hydrogens (primary N) is 2. The first-order valence-corrected chi connectivity index (χ1v) is 13.9. The fourth-order valence-electron chi connectivity index (χ4n) is 6.26. The van der Waals surface area contributed by atoms with Gasteiger partial charge in [0.15, 0.2) is 0 Å². The number of likely N-dealkylation sites (tertiary alicyclic amines) is 1. The molecule has 0 aromatic rings. The topological polar surface area (TPSA) is 99.6 Å². The van der Waals surface area contributed by atoms with Gasteiger partial charge in [0.25, 0.3) is 0 Å². The molecule has 7 nitrogen and oxygen atoms in total. The van der Waals surface area contributed by atoms with Crippen LogP contribution in [-0.4, -0.2) is 79.2 Å². The third-order valence-electron chi connectivity index (χ3n) is 8.71. The Balaban J connectivity index is 1.77. The molecule has 6 N–H and O–H groups in total. The van der Waals surface area contributed by atoms with Crippen molar-refractivity contribution in [2.75, 3.05) is 33.7 Å². The first-order valence-electron chi connectivity index (χ1n) is 13.0. The molecule has 0 saturated carbocycles. The number of carbonyl (C=O) groups is 1. The molecule has 0 aliphatic carbocycles. The molecule has 6 unspecified atom stereocenters. The molecule has 9 heteroatoms. The molecular weight excluding hydrogens is 451 g/mol. The maximum absolute atomic E-state index is 15.0. The third-order valence-corrected chi connectivity index (χ3v) is 9.89. The van der Waals surface area contributed by atoms with Crippen molar-refractivity contribution >= 4 is 17.9 Å². The van der Waals surface area contributed by atoms with Gasteiger partial charge in [0.05, 0.1) is 17.5 Å². The fourth-order valence-corrected chi connectivity index (χ4v) is 7.50. The SMILES string of the molecule is CCC1(CC)CCC(C(C(=O)NC2SNC(C)C2C2=CCN(C)CC2)C(N)N)N(C)CC(F)C1. The Hall–Kier alpha value is -0.710. The van der Waals surface area contributed by atoms with E-state index >= 15 is 4.39 Å². The standard InChI is InChI=1S/C25H47FN6OS/c1-6-25(7-2)11-8-19(32(5)15-18(26)14-25)21(22(27)28)23(33)29-24-20(16(3)30-34-24)17-9-12-31(4)13-10-17/h9,16,18-22,24,30H,6-8,10-15,27-28H2,1-5H3,(H,29,33). The Morgan fingerprint density at radius 3 is 2.65 bits per heavy atom. The molecule has 0 bridgehead atoms. The number of halogens is 1. The lowest BCUT2D eigenvalue weighted by molar-refractivity contribution is -0.129. The van der Waals surface area contributed by atoms with Gasteiger partial charge in [-0.1, -0.05) is 50.3 Å². The first-order chi connectivity index (χ1) is 16.1. The third kappa shape index (κ3) is 6.34. The zero-order chi connectivity index (χ0) is 25.0. The summed E-state index contributed by atoms with van der Waals surface area (Å²) in [5, 5.41) is 3.22. The van der Waals surface area contributed by atoms with Gasteiger partial charge in [-0.2, -0.15) is 0 Å². The van der Waals surface area contributed by atoms with E-state index in [0.717, 1.165) is 45.2 Å². The van der Waals surface area contributed by atoms with Crippen LogP contribution in [0.4, 0.5) is 4.39 Å². The number of nitrogens with one attached hydrogen (secondary N) is 2. The molecule has 2 fully saturated rings. The lowest BCUT2D eigenvalue weighted by atomic mass is 9.71. The summed E-state index contributed by atoms with van der Waals surface area (Å²) in [5.74, 6) is -0.478. The van der Waals surface area contributed by atoms with Crippen molar-refractivity contribution in [3.8, 4) is 0 Å². The number of carbonyl (C=O) groups excluding carboxylic acids is 1. The Bertz CT molecular complexity index is 718. The Morgan fingerprint density at radius 1 is 1.35 bits per heavy atom. The highest BCUT2D eigenvalue weighted by atomic mass is 32.2. The zero-order valence-corrected chi connectivity index (χ0v) is 22.5. The molecule has 0 aromatic carbocycles. The summed E-state index contributed by atoms with van der Waals surface area (Å²) in [7, 11) is 4.04. The van der Waals surface area contributed by atoms with E-state index < -0.39 is 18.3 Å². The van der Waals surface area contributed by atoms with E-state index in [0.29, 0.717) is 13.0 Å². The van der Waals surface area contributed by atoms with Crippen LogP contribution in [0, 0.1) is 17.3 Å². The van der Waals surface area contributed by atoms with Crippen LogP contribution >= 0.6 is 11.9 Å². The second kappa shape index (κ2) is 12.0. The van der Waals surface area contributed by atoms with E-state index in [1.165, 1.54) is 5.57 Å². The molecule has 196 valence electrons. The molecule has 1 amide bonds. The quantitative estimate of drug-likeness (QED) is 0.243. The van der Waals surface area contributed by atoms with Gasteiger partial charge < -0.3 is 21.7 Å². The van der Waals surface area contributed by atoms with Crippen molar-refractivity contribution in [1.29, 1.82) is 0 Å². The van der Waals surface area contributed by atoms with Crippen molar-refractivity contribution in [3.63, 3.8) is 0 Å². The number of amides is 1. The van der Waals surface area contributed by atoms with Crippen LogP contribution in [0.5, 0.6) is 0 Å². The van der Waals surface area contributed by atoms with E-state index in [1.54, 1.807) is 11.9 Å². The average molecular weight is 499 g/mol.